The third-order valence-corrected chi connectivity index (χ3v) is 3.34. The highest BCUT2D eigenvalue weighted by Crippen LogP contribution is 2.16. The molecule has 0 amide bonds. The van der Waals surface area contributed by atoms with E-state index < -0.39 is 0 Å². The molecule has 1 aromatic carbocycles. The van der Waals surface area contributed by atoms with E-state index >= 15 is 0 Å². The maximum absolute atomic E-state index is 3.56. The minimum Gasteiger partial charge on any atom is -0.382 e. The highest BCUT2D eigenvalue weighted by Gasteiger charge is 2.09. The van der Waals surface area contributed by atoms with Crippen molar-refractivity contribution in [2.75, 3.05) is 19.4 Å². The van der Waals surface area contributed by atoms with E-state index in [-0.39, 0.29) is 0 Å². The van der Waals surface area contributed by atoms with Gasteiger partial charge in [-0.15, -0.1) is 0 Å². The van der Waals surface area contributed by atoms with Crippen LogP contribution in [0.4, 0.5) is 5.69 Å². The predicted molar refractivity (Wildman–Crippen MR) is 76.4 cm³/mol. The normalized spacial score (nSPS) is 14.7. The van der Waals surface area contributed by atoms with E-state index in [0.29, 0.717) is 12.0 Å². The van der Waals surface area contributed by atoms with Crippen LogP contribution in [0.15, 0.2) is 24.3 Å². The fraction of sp³-hybridized carbons (Fsp3) is 0.600. The minimum atomic E-state index is 0.527. The fourth-order valence-electron chi connectivity index (χ4n) is 1.83. The number of rotatable bonds is 6. The van der Waals surface area contributed by atoms with Gasteiger partial charge in [0.15, 0.2) is 0 Å². The van der Waals surface area contributed by atoms with Crippen molar-refractivity contribution in [3.05, 3.63) is 29.8 Å². The molecular formula is C15H26N2. The van der Waals surface area contributed by atoms with Gasteiger partial charge in [-0.25, -0.2) is 0 Å². The summed E-state index contributed by atoms with van der Waals surface area (Å²) >= 11 is 0. The zero-order valence-electron chi connectivity index (χ0n) is 11.8. The quantitative estimate of drug-likeness (QED) is 0.809. The second-order valence-corrected chi connectivity index (χ2v) is 5.25. The summed E-state index contributed by atoms with van der Waals surface area (Å²) in [6.45, 7) is 7.78. The number of anilines is 1. The summed E-state index contributed by atoms with van der Waals surface area (Å²) in [6.07, 6.45) is 1.22. The van der Waals surface area contributed by atoms with Crippen molar-refractivity contribution in [1.29, 1.82) is 0 Å². The zero-order chi connectivity index (χ0) is 12.8. The molecule has 96 valence electrons. The predicted octanol–water partition coefficient (Wildman–Crippen LogP) is 3.59. The van der Waals surface area contributed by atoms with Gasteiger partial charge in [0.1, 0.15) is 0 Å². The molecule has 0 aromatic heterocycles. The third-order valence-electron chi connectivity index (χ3n) is 3.34. The van der Waals surface area contributed by atoms with Crippen molar-refractivity contribution in [3.8, 4) is 0 Å². The van der Waals surface area contributed by atoms with Gasteiger partial charge in [-0.3, -0.25) is 0 Å². The first-order chi connectivity index (χ1) is 8.02. The maximum Gasteiger partial charge on any atom is 0.0342 e. The summed E-state index contributed by atoms with van der Waals surface area (Å²) in [5.41, 5.74) is 2.58. The molecule has 1 N–H and O–H groups in total. The van der Waals surface area contributed by atoms with Crippen LogP contribution in [0.25, 0.3) is 0 Å². The van der Waals surface area contributed by atoms with Gasteiger partial charge in [-0.1, -0.05) is 32.4 Å². The molecule has 1 aromatic rings. The molecule has 2 atom stereocenters. The van der Waals surface area contributed by atoms with Crippen LogP contribution in [0.1, 0.15) is 32.8 Å². The first-order valence-electron chi connectivity index (χ1n) is 6.53. The summed E-state index contributed by atoms with van der Waals surface area (Å²) in [6, 6.07) is 9.28. The van der Waals surface area contributed by atoms with E-state index in [1.807, 2.05) is 0 Å². The molecule has 0 radical (unpaired) electrons. The Balaban J connectivity index is 2.56. The molecule has 0 saturated heterocycles. The fourth-order valence-corrected chi connectivity index (χ4v) is 1.83. The van der Waals surface area contributed by atoms with Crippen molar-refractivity contribution in [2.24, 2.45) is 5.92 Å². The van der Waals surface area contributed by atoms with Gasteiger partial charge in [0.25, 0.3) is 0 Å². The van der Waals surface area contributed by atoms with Crippen LogP contribution in [0.3, 0.4) is 0 Å². The topological polar surface area (TPSA) is 15.3 Å². The van der Waals surface area contributed by atoms with E-state index in [1.165, 1.54) is 17.7 Å². The summed E-state index contributed by atoms with van der Waals surface area (Å²) in [5, 5.41) is 3.56. The molecule has 2 nitrogen and oxygen atoms in total. The van der Waals surface area contributed by atoms with Gasteiger partial charge >= 0.3 is 0 Å². The molecule has 0 aliphatic heterocycles. The molecule has 0 aliphatic carbocycles. The van der Waals surface area contributed by atoms with Gasteiger partial charge in [-0.2, -0.15) is 0 Å². The van der Waals surface area contributed by atoms with Gasteiger partial charge < -0.3 is 10.2 Å². The molecule has 0 heterocycles. The monoisotopic (exact) mass is 234 g/mol. The van der Waals surface area contributed by atoms with Crippen LogP contribution in [0, 0.1) is 5.92 Å². The van der Waals surface area contributed by atoms with Crippen molar-refractivity contribution in [2.45, 2.75) is 39.8 Å². The lowest BCUT2D eigenvalue weighted by Gasteiger charge is -2.21. The van der Waals surface area contributed by atoms with Crippen LogP contribution in [0.5, 0.6) is 0 Å². The number of hydrogen-bond acceptors (Lipinski definition) is 2. The Labute approximate surface area is 106 Å². The molecule has 0 saturated carbocycles. The second kappa shape index (κ2) is 6.65. The molecule has 0 spiro atoms. The van der Waals surface area contributed by atoms with Crippen molar-refractivity contribution in [3.63, 3.8) is 0 Å². The lowest BCUT2D eigenvalue weighted by Crippen LogP contribution is -2.23. The number of nitrogens with zero attached hydrogens (tertiary/aromatic N) is 1. The summed E-state index contributed by atoms with van der Waals surface area (Å²) in [7, 11) is 4.19. The molecule has 2 unspecified atom stereocenters. The Hall–Kier alpha value is -1.02. The maximum atomic E-state index is 3.56. The molecule has 0 fully saturated rings. The lowest BCUT2D eigenvalue weighted by atomic mass is 10.0. The second-order valence-electron chi connectivity index (χ2n) is 5.25. The number of benzene rings is 1. The third kappa shape index (κ3) is 4.78. The highest BCUT2D eigenvalue weighted by molar-refractivity contribution is 5.45. The average Bonchev–Trinajstić information content (AvgIpc) is 2.30. The Morgan fingerprint density at radius 1 is 1.12 bits per heavy atom. The molecule has 1 rings (SSSR count). The summed E-state index contributed by atoms with van der Waals surface area (Å²) in [4.78, 5) is 2.18. The van der Waals surface area contributed by atoms with Gasteiger partial charge in [0, 0.05) is 18.3 Å². The Morgan fingerprint density at radius 3 is 2.18 bits per heavy atom. The average molecular weight is 234 g/mol. The molecular weight excluding hydrogens is 208 g/mol. The Morgan fingerprint density at radius 2 is 1.71 bits per heavy atom. The van der Waals surface area contributed by atoms with E-state index in [9.17, 15) is 0 Å². The van der Waals surface area contributed by atoms with Crippen molar-refractivity contribution >= 4 is 5.69 Å². The Kier molecular flexibility index (Phi) is 5.49. The van der Waals surface area contributed by atoms with Crippen molar-refractivity contribution in [1.82, 2.24) is 4.90 Å². The molecule has 0 aliphatic rings. The standard InChI is InChI=1S/C15H26N2/c1-6-12(2)13(3)16-15-9-7-14(8-10-15)11-17(4)5/h7-10,12-13,16H,6,11H2,1-5H3. The van der Waals surface area contributed by atoms with Crippen LogP contribution >= 0.6 is 0 Å². The largest absolute Gasteiger partial charge is 0.382 e. The summed E-state index contributed by atoms with van der Waals surface area (Å²) in [5.74, 6) is 0.705. The van der Waals surface area contributed by atoms with Crippen LogP contribution in [-0.4, -0.2) is 25.0 Å². The molecule has 0 bridgehead atoms. The van der Waals surface area contributed by atoms with Crippen molar-refractivity contribution < 1.29 is 0 Å². The van der Waals surface area contributed by atoms with E-state index in [4.69, 9.17) is 0 Å². The van der Waals surface area contributed by atoms with Crippen LogP contribution in [0.2, 0.25) is 0 Å². The minimum absolute atomic E-state index is 0.527. The van der Waals surface area contributed by atoms with Gasteiger partial charge in [0.05, 0.1) is 0 Å². The van der Waals surface area contributed by atoms with Crippen LogP contribution < -0.4 is 5.32 Å². The zero-order valence-corrected chi connectivity index (χ0v) is 11.8. The number of nitrogens with one attached hydrogen (secondary N) is 1. The smallest absolute Gasteiger partial charge is 0.0342 e. The number of hydrogen-bond donors (Lipinski definition) is 1. The SMILES string of the molecule is CCC(C)C(C)Nc1ccc(CN(C)C)cc1. The first kappa shape index (κ1) is 14.0. The van der Waals surface area contributed by atoms with Gasteiger partial charge in [0.2, 0.25) is 0 Å². The summed E-state index contributed by atoms with van der Waals surface area (Å²) < 4.78 is 0. The molecule has 17 heavy (non-hydrogen) atoms. The first-order valence-corrected chi connectivity index (χ1v) is 6.53. The van der Waals surface area contributed by atoms with E-state index in [1.54, 1.807) is 0 Å². The molecule has 2 heteroatoms. The highest BCUT2D eigenvalue weighted by atomic mass is 15.0. The van der Waals surface area contributed by atoms with Crippen LogP contribution in [-0.2, 0) is 6.54 Å². The Bertz CT molecular complexity index is 316. The van der Waals surface area contributed by atoms with Gasteiger partial charge in [-0.05, 0) is 44.6 Å². The lowest BCUT2D eigenvalue weighted by molar-refractivity contribution is 0.402. The van der Waals surface area contributed by atoms with E-state index in [2.05, 4.69) is 69.3 Å². The van der Waals surface area contributed by atoms with E-state index in [0.717, 1.165) is 6.54 Å².